The van der Waals surface area contributed by atoms with Crippen LogP contribution in [-0.2, 0) is 0 Å². The molecule has 0 aliphatic rings. The van der Waals surface area contributed by atoms with Crippen LogP contribution in [0.25, 0.3) is 0 Å². The molecule has 0 aliphatic heterocycles. The van der Waals surface area contributed by atoms with E-state index in [1.165, 1.54) is 18.2 Å². The zero-order valence-corrected chi connectivity index (χ0v) is 14.6. The Balaban J connectivity index is 2.18. The van der Waals surface area contributed by atoms with Crippen LogP contribution in [0.5, 0.6) is 11.5 Å². The van der Waals surface area contributed by atoms with E-state index in [9.17, 15) is 9.18 Å². The first-order chi connectivity index (χ1) is 11.0. The van der Waals surface area contributed by atoms with Crippen LogP contribution in [-0.4, -0.2) is 20.1 Å². The van der Waals surface area contributed by atoms with E-state index in [1.807, 2.05) is 19.1 Å². The average molecular weight is 382 g/mol. The first kappa shape index (κ1) is 17.3. The third-order valence-electron chi connectivity index (χ3n) is 3.43. The molecule has 2 aromatic rings. The lowest BCUT2D eigenvalue weighted by atomic mass is 10.1. The number of rotatable bonds is 5. The molecule has 0 spiro atoms. The predicted octanol–water partition coefficient (Wildman–Crippen LogP) is 4.10. The van der Waals surface area contributed by atoms with Crippen LogP contribution >= 0.6 is 15.9 Å². The fraction of sp³-hybridized carbons (Fsp3) is 0.235. The van der Waals surface area contributed by atoms with Crippen LogP contribution in [0.15, 0.2) is 40.9 Å². The second-order valence-electron chi connectivity index (χ2n) is 4.93. The van der Waals surface area contributed by atoms with Crippen LogP contribution < -0.4 is 14.8 Å². The lowest BCUT2D eigenvalue weighted by Crippen LogP contribution is -2.27. The number of benzene rings is 2. The van der Waals surface area contributed by atoms with Gasteiger partial charge in [-0.15, -0.1) is 0 Å². The molecular weight excluding hydrogens is 365 g/mol. The Bertz CT molecular complexity index is 721. The van der Waals surface area contributed by atoms with Crippen molar-refractivity contribution in [3.8, 4) is 11.5 Å². The molecule has 6 heteroatoms. The van der Waals surface area contributed by atoms with Gasteiger partial charge in [-0.25, -0.2) is 4.39 Å². The van der Waals surface area contributed by atoms with Gasteiger partial charge < -0.3 is 14.8 Å². The minimum atomic E-state index is -0.402. The number of nitrogens with one attached hydrogen (secondary N) is 1. The van der Waals surface area contributed by atoms with E-state index in [0.29, 0.717) is 21.5 Å². The maximum Gasteiger partial charge on any atom is 0.252 e. The van der Waals surface area contributed by atoms with E-state index in [-0.39, 0.29) is 11.9 Å². The summed E-state index contributed by atoms with van der Waals surface area (Å²) in [5.41, 5.74) is 1.24. The summed E-state index contributed by atoms with van der Waals surface area (Å²) in [6.45, 7) is 1.86. The monoisotopic (exact) mass is 381 g/mol. The summed E-state index contributed by atoms with van der Waals surface area (Å²) in [6.07, 6.45) is 0. The minimum absolute atomic E-state index is 0.251. The van der Waals surface area contributed by atoms with Gasteiger partial charge in [-0.1, -0.05) is 6.07 Å². The van der Waals surface area contributed by atoms with Crippen molar-refractivity contribution in [1.82, 2.24) is 5.32 Å². The molecule has 2 aromatic carbocycles. The predicted molar refractivity (Wildman–Crippen MR) is 89.5 cm³/mol. The van der Waals surface area contributed by atoms with Gasteiger partial charge in [0, 0.05) is 4.47 Å². The van der Waals surface area contributed by atoms with Gasteiger partial charge >= 0.3 is 0 Å². The van der Waals surface area contributed by atoms with E-state index in [4.69, 9.17) is 9.47 Å². The van der Waals surface area contributed by atoms with Crippen LogP contribution in [0.1, 0.15) is 28.9 Å². The fourth-order valence-electron chi connectivity index (χ4n) is 2.15. The Morgan fingerprint density at radius 1 is 1.13 bits per heavy atom. The molecule has 0 saturated carbocycles. The molecule has 0 aliphatic carbocycles. The van der Waals surface area contributed by atoms with Gasteiger partial charge in [0.05, 0.1) is 25.8 Å². The van der Waals surface area contributed by atoms with Crippen molar-refractivity contribution in [1.29, 1.82) is 0 Å². The molecule has 1 N–H and O–H groups in total. The SMILES string of the molecule is COc1ccc(C(C)NC(=O)c2ccc(F)cc2Br)cc1OC. The normalized spacial score (nSPS) is 11.7. The van der Waals surface area contributed by atoms with Gasteiger partial charge in [0.15, 0.2) is 11.5 Å². The molecule has 1 unspecified atom stereocenters. The summed E-state index contributed by atoms with van der Waals surface area (Å²) in [5.74, 6) is 0.519. The number of ether oxygens (including phenoxy) is 2. The van der Waals surface area contributed by atoms with Gasteiger partial charge in [0.25, 0.3) is 5.91 Å². The van der Waals surface area contributed by atoms with E-state index in [2.05, 4.69) is 21.2 Å². The lowest BCUT2D eigenvalue weighted by molar-refractivity contribution is 0.0939. The average Bonchev–Trinajstić information content (AvgIpc) is 2.53. The molecular formula is C17H17BrFNO3. The molecule has 1 atom stereocenters. The summed E-state index contributed by atoms with van der Waals surface area (Å²) in [6, 6.07) is 9.15. The van der Waals surface area contributed by atoms with Crippen molar-refractivity contribution in [2.45, 2.75) is 13.0 Å². The summed E-state index contributed by atoms with van der Waals surface area (Å²) < 4.78 is 24.0. The van der Waals surface area contributed by atoms with Gasteiger partial charge in [-0.3, -0.25) is 4.79 Å². The van der Waals surface area contributed by atoms with E-state index >= 15 is 0 Å². The highest BCUT2D eigenvalue weighted by Gasteiger charge is 2.16. The third kappa shape index (κ3) is 4.01. The standard InChI is InChI=1S/C17H17BrFNO3/c1-10(11-4-7-15(22-2)16(8-11)23-3)20-17(21)13-6-5-12(19)9-14(13)18/h4-10H,1-3H3,(H,20,21). The fourth-order valence-corrected chi connectivity index (χ4v) is 2.68. The summed E-state index contributed by atoms with van der Waals surface area (Å²) in [7, 11) is 3.12. The number of hydrogen-bond acceptors (Lipinski definition) is 3. The molecule has 0 heterocycles. The van der Waals surface area contributed by atoms with Gasteiger partial charge in [0.1, 0.15) is 5.82 Å². The molecule has 0 saturated heterocycles. The Labute approximate surface area is 142 Å². The van der Waals surface area contributed by atoms with Crippen molar-refractivity contribution >= 4 is 21.8 Å². The van der Waals surface area contributed by atoms with Gasteiger partial charge in [-0.05, 0) is 58.7 Å². The summed E-state index contributed by atoms with van der Waals surface area (Å²) >= 11 is 3.20. The van der Waals surface area contributed by atoms with E-state index in [1.54, 1.807) is 20.3 Å². The number of halogens is 2. The Morgan fingerprint density at radius 2 is 1.83 bits per heavy atom. The van der Waals surface area contributed by atoms with Crippen LogP contribution in [0.2, 0.25) is 0 Å². The zero-order chi connectivity index (χ0) is 17.0. The zero-order valence-electron chi connectivity index (χ0n) is 13.0. The quantitative estimate of drug-likeness (QED) is 0.847. The van der Waals surface area contributed by atoms with Crippen molar-refractivity contribution in [2.75, 3.05) is 14.2 Å². The van der Waals surface area contributed by atoms with Gasteiger partial charge in [-0.2, -0.15) is 0 Å². The molecule has 4 nitrogen and oxygen atoms in total. The molecule has 23 heavy (non-hydrogen) atoms. The Kier molecular flexibility index (Phi) is 5.60. The van der Waals surface area contributed by atoms with Crippen molar-refractivity contribution in [2.24, 2.45) is 0 Å². The summed E-state index contributed by atoms with van der Waals surface area (Å²) in [4.78, 5) is 12.3. The van der Waals surface area contributed by atoms with Crippen molar-refractivity contribution in [3.05, 3.63) is 57.8 Å². The first-order valence-electron chi connectivity index (χ1n) is 6.94. The first-order valence-corrected chi connectivity index (χ1v) is 7.73. The maximum absolute atomic E-state index is 13.1. The molecule has 0 aromatic heterocycles. The van der Waals surface area contributed by atoms with Crippen LogP contribution in [0.4, 0.5) is 4.39 Å². The van der Waals surface area contributed by atoms with Crippen LogP contribution in [0, 0.1) is 5.82 Å². The highest BCUT2D eigenvalue weighted by molar-refractivity contribution is 9.10. The van der Waals surface area contributed by atoms with Gasteiger partial charge in [0.2, 0.25) is 0 Å². The number of hydrogen-bond donors (Lipinski definition) is 1. The highest BCUT2D eigenvalue weighted by atomic mass is 79.9. The molecule has 122 valence electrons. The molecule has 0 bridgehead atoms. The Morgan fingerprint density at radius 3 is 2.43 bits per heavy atom. The molecule has 0 fully saturated rings. The molecule has 1 amide bonds. The third-order valence-corrected chi connectivity index (χ3v) is 4.09. The number of carbonyl (C=O) groups is 1. The minimum Gasteiger partial charge on any atom is -0.493 e. The summed E-state index contributed by atoms with van der Waals surface area (Å²) in [5, 5.41) is 2.87. The lowest BCUT2D eigenvalue weighted by Gasteiger charge is -2.17. The molecule has 2 rings (SSSR count). The highest BCUT2D eigenvalue weighted by Crippen LogP contribution is 2.30. The van der Waals surface area contributed by atoms with E-state index < -0.39 is 5.82 Å². The van der Waals surface area contributed by atoms with E-state index in [0.717, 1.165) is 5.56 Å². The van der Waals surface area contributed by atoms with Crippen molar-refractivity contribution in [3.63, 3.8) is 0 Å². The molecule has 0 radical (unpaired) electrons. The Hall–Kier alpha value is -2.08. The number of carbonyl (C=O) groups excluding carboxylic acids is 1. The number of amides is 1. The second kappa shape index (κ2) is 7.46. The number of methoxy groups -OCH3 is 2. The largest absolute Gasteiger partial charge is 0.493 e. The maximum atomic E-state index is 13.1. The smallest absolute Gasteiger partial charge is 0.252 e. The second-order valence-corrected chi connectivity index (χ2v) is 5.79. The van der Waals surface area contributed by atoms with Crippen molar-refractivity contribution < 1.29 is 18.7 Å². The topological polar surface area (TPSA) is 47.6 Å². The van der Waals surface area contributed by atoms with Crippen LogP contribution in [0.3, 0.4) is 0 Å².